The van der Waals surface area contributed by atoms with Crippen LogP contribution < -0.4 is 9.47 Å². The molecule has 0 spiro atoms. The zero-order valence-electron chi connectivity index (χ0n) is 14.5. The van der Waals surface area contributed by atoms with E-state index in [4.69, 9.17) is 14.5 Å². The minimum absolute atomic E-state index is 0.566. The fourth-order valence-corrected chi connectivity index (χ4v) is 3.46. The van der Waals surface area contributed by atoms with Gasteiger partial charge in [-0.2, -0.15) is 0 Å². The summed E-state index contributed by atoms with van der Waals surface area (Å²) in [6, 6.07) is 7.55. The third-order valence-corrected chi connectivity index (χ3v) is 4.61. The van der Waals surface area contributed by atoms with E-state index < -0.39 is 0 Å². The van der Waals surface area contributed by atoms with Crippen molar-refractivity contribution in [2.24, 2.45) is 0 Å². The van der Waals surface area contributed by atoms with Crippen LogP contribution in [0.5, 0.6) is 11.5 Å². The van der Waals surface area contributed by atoms with E-state index in [0.717, 1.165) is 34.0 Å². The van der Waals surface area contributed by atoms with Crippen LogP contribution >= 0.6 is 11.3 Å². The molecule has 0 N–H and O–H groups in total. The maximum absolute atomic E-state index is 11.1. The van der Waals surface area contributed by atoms with Crippen molar-refractivity contribution in [1.82, 2.24) is 9.55 Å². The van der Waals surface area contributed by atoms with Gasteiger partial charge < -0.3 is 9.47 Å². The lowest BCUT2D eigenvalue weighted by Crippen LogP contribution is -2.00. The molecule has 0 saturated heterocycles. The highest BCUT2D eigenvalue weighted by atomic mass is 32.1. The highest BCUT2D eigenvalue weighted by Crippen LogP contribution is 2.36. The van der Waals surface area contributed by atoms with Gasteiger partial charge in [-0.3, -0.25) is 9.36 Å². The maximum Gasteiger partial charge on any atom is 0.194 e. The van der Waals surface area contributed by atoms with Crippen LogP contribution in [0, 0.1) is 6.92 Å². The van der Waals surface area contributed by atoms with Crippen LogP contribution in [-0.4, -0.2) is 29.1 Å². The molecule has 0 aliphatic heterocycles. The molecule has 0 fully saturated rings. The first kappa shape index (κ1) is 17.2. The van der Waals surface area contributed by atoms with E-state index >= 15 is 0 Å². The Hall–Kier alpha value is -2.60. The van der Waals surface area contributed by atoms with E-state index in [1.54, 1.807) is 10.6 Å². The van der Waals surface area contributed by atoms with Gasteiger partial charge in [0.2, 0.25) is 0 Å². The van der Waals surface area contributed by atoms with Crippen LogP contribution in [0.4, 0.5) is 0 Å². The molecule has 3 rings (SSSR count). The smallest absolute Gasteiger partial charge is 0.194 e. The SMILES string of the molecule is CCOc1cc(C)c(-c2csc(-n3cccc3C=O)n2)cc1OCC. The number of nitrogens with zero attached hydrogens (tertiary/aromatic N) is 2. The van der Waals surface area contributed by atoms with Gasteiger partial charge >= 0.3 is 0 Å². The fourth-order valence-electron chi connectivity index (χ4n) is 2.64. The van der Waals surface area contributed by atoms with Crippen molar-refractivity contribution in [1.29, 1.82) is 0 Å². The molecule has 0 bridgehead atoms. The van der Waals surface area contributed by atoms with Crippen LogP contribution in [0.3, 0.4) is 0 Å². The largest absolute Gasteiger partial charge is 0.490 e. The van der Waals surface area contributed by atoms with Crippen molar-refractivity contribution in [3.05, 3.63) is 47.1 Å². The third-order valence-electron chi connectivity index (χ3n) is 3.77. The molecule has 0 radical (unpaired) electrons. The molecule has 1 aromatic carbocycles. The third kappa shape index (κ3) is 3.44. The van der Waals surface area contributed by atoms with E-state index in [1.165, 1.54) is 11.3 Å². The lowest BCUT2D eigenvalue weighted by atomic mass is 10.1. The van der Waals surface area contributed by atoms with Crippen LogP contribution in [0.25, 0.3) is 16.4 Å². The Morgan fingerprint density at radius 3 is 2.60 bits per heavy atom. The molecule has 6 heteroatoms. The van der Waals surface area contributed by atoms with Crippen molar-refractivity contribution in [2.45, 2.75) is 20.8 Å². The van der Waals surface area contributed by atoms with Crippen molar-refractivity contribution < 1.29 is 14.3 Å². The van der Waals surface area contributed by atoms with Crippen molar-refractivity contribution in [2.75, 3.05) is 13.2 Å². The normalized spacial score (nSPS) is 10.7. The van der Waals surface area contributed by atoms with Gasteiger partial charge in [-0.1, -0.05) is 0 Å². The molecular weight excluding hydrogens is 336 g/mol. The maximum atomic E-state index is 11.1. The summed E-state index contributed by atoms with van der Waals surface area (Å²) >= 11 is 1.49. The minimum Gasteiger partial charge on any atom is -0.490 e. The Morgan fingerprint density at radius 1 is 1.20 bits per heavy atom. The number of hydrogen-bond donors (Lipinski definition) is 0. The molecule has 0 amide bonds. The van der Waals surface area contributed by atoms with Crippen LogP contribution in [0.2, 0.25) is 0 Å². The molecule has 25 heavy (non-hydrogen) atoms. The predicted molar refractivity (Wildman–Crippen MR) is 99.3 cm³/mol. The molecule has 5 nitrogen and oxygen atoms in total. The molecule has 3 aromatic rings. The van der Waals surface area contributed by atoms with E-state index in [0.29, 0.717) is 24.7 Å². The molecule has 0 unspecified atom stereocenters. The summed E-state index contributed by atoms with van der Waals surface area (Å²) in [5.41, 5.74) is 3.49. The summed E-state index contributed by atoms with van der Waals surface area (Å²) in [5.74, 6) is 1.46. The molecule has 0 saturated carbocycles. The number of ether oxygens (including phenoxy) is 2. The van der Waals surface area contributed by atoms with E-state index in [-0.39, 0.29) is 0 Å². The van der Waals surface area contributed by atoms with E-state index in [2.05, 4.69) is 0 Å². The predicted octanol–water partition coefficient (Wildman–Crippen LogP) is 4.52. The van der Waals surface area contributed by atoms with Gasteiger partial charge in [-0.05, 0) is 50.6 Å². The summed E-state index contributed by atoms with van der Waals surface area (Å²) in [5, 5.41) is 2.75. The Bertz CT molecular complexity index is 883. The molecule has 0 aliphatic carbocycles. The van der Waals surface area contributed by atoms with Gasteiger partial charge in [0.1, 0.15) is 0 Å². The first-order valence-corrected chi connectivity index (χ1v) is 9.05. The molecule has 2 aromatic heterocycles. The molecule has 2 heterocycles. The average molecular weight is 356 g/mol. The molecule has 0 atom stereocenters. The second-order valence-corrected chi connectivity index (χ2v) is 6.25. The summed E-state index contributed by atoms with van der Waals surface area (Å²) in [4.78, 5) is 15.8. The number of aromatic nitrogens is 2. The van der Waals surface area contributed by atoms with Gasteiger partial charge in [0.15, 0.2) is 22.9 Å². The van der Waals surface area contributed by atoms with Crippen LogP contribution in [0.15, 0.2) is 35.8 Å². The molecule has 130 valence electrons. The number of aryl methyl sites for hydroxylation is 1. The minimum atomic E-state index is 0.566. The van der Waals surface area contributed by atoms with Crippen LogP contribution in [-0.2, 0) is 0 Å². The summed E-state index contributed by atoms with van der Waals surface area (Å²) < 4.78 is 13.2. The van der Waals surface area contributed by atoms with Crippen molar-refractivity contribution in [3.8, 4) is 27.9 Å². The quantitative estimate of drug-likeness (QED) is 0.584. The average Bonchev–Trinajstić information content (AvgIpc) is 3.25. The van der Waals surface area contributed by atoms with Gasteiger partial charge in [-0.15, -0.1) is 11.3 Å². The first-order chi connectivity index (χ1) is 12.2. The number of carbonyl (C=O) groups is 1. The van der Waals surface area contributed by atoms with Crippen molar-refractivity contribution >= 4 is 17.6 Å². The number of aldehydes is 1. The van der Waals surface area contributed by atoms with Crippen molar-refractivity contribution in [3.63, 3.8) is 0 Å². The van der Waals surface area contributed by atoms with Gasteiger partial charge in [0.05, 0.1) is 24.6 Å². The fraction of sp³-hybridized carbons (Fsp3) is 0.263. The summed E-state index contributed by atoms with van der Waals surface area (Å²) in [7, 11) is 0. The lowest BCUT2D eigenvalue weighted by Gasteiger charge is -2.14. The topological polar surface area (TPSA) is 53.4 Å². The second-order valence-electron chi connectivity index (χ2n) is 5.42. The highest BCUT2D eigenvalue weighted by Gasteiger charge is 2.15. The summed E-state index contributed by atoms with van der Waals surface area (Å²) in [6.45, 7) is 7.08. The first-order valence-electron chi connectivity index (χ1n) is 8.17. The number of thiazole rings is 1. The van der Waals surface area contributed by atoms with Gasteiger partial charge in [0, 0.05) is 17.1 Å². The number of carbonyl (C=O) groups excluding carboxylic acids is 1. The Balaban J connectivity index is 2.02. The molecule has 0 aliphatic rings. The Morgan fingerprint density at radius 2 is 1.92 bits per heavy atom. The Labute approximate surface area is 150 Å². The number of rotatable bonds is 7. The number of hydrogen-bond acceptors (Lipinski definition) is 5. The van der Waals surface area contributed by atoms with Gasteiger partial charge in [-0.25, -0.2) is 4.98 Å². The zero-order valence-corrected chi connectivity index (χ0v) is 15.3. The highest BCUT2D eigenvalue weighted by molar-refractivity contribution is 7.12. The van der Waals surface area contributed by atoms with Crippen LogP contribution in [0.1, 0.15) is 29.9 Å². The zero-order chi connectivity index (χ0) is 17.8. The second kappa shape index (κ2) is 7.53. The lowest BCUT2D eigenvalue weighted by molar-refractivity contribution is 0.111. The van der Waals surface area contributed by atoms with Gasteiger partial charge in [0.25, 0.3) is 0 Å². The van der Waals surface area contributed by atoms with E-state index in [1.807, 2.05) is 50.5 Å². The summed E-state index contributed by atoms with van der Waals surface area (Å²) in [6.07, 6.45) is 2.67. The number of benzene rings is 1. The Kier molecular flexibility index (Phi) is 5.19. The molecular formula is C19H20N2O3S. The van der Waals surface area contributed by atoms with E-state index in [9.17, 15) is 4.79 Å². The monoisotopic (exact) mass is 356 g/mol. The standard InChI is InChI=1S/C19H20N2O3S/c1-4-23-17-9-13(3)15(10-18(17)24-5-2)16-12-25-19(20-16)21-8-6-7-14(21)11-22/h6-12H,4-5H2,1-3H3.